The molecule has 0 aliphatic rings. The van der Waals surface area contributed by atoms with Crippen LogP contribution >= 0.6 is 0 Å². The Hall–Kier alpha value is -4.00. The first-order chi connectivity index (χ1) is 16.3. The van der Waals surface area contributed by atoms with Gasteiger partial charge < -0.3 is 25.4 Å². The molecule has 0 aliphatic carbocycles. The third-order valence-corrected chi connectivity index (χ3v) is 4.59. The van der Waals surface area contributed by atoms with E-state index in [1.807, 2.05) is 75.4 Å². The van der Waals surface area contributed by atoms with Crippen LogP contribution < -0.4 is 25.4 Å². The summed E-state index contributed by atoms with van der Waals surface area (Å²) in [6.45, 7) is 6.77. The van der Waals surface area contributed by atoms with Crippen molar-refractivity contribution in [2.24, 2.45) is 0 Å². The summed E-state index contributed by atoms with van der Waals surface area (Å²) in [4.78, 5) is 24.4. The second-order valence-electron chi connectivity index (χ2n) is 8.72. The molecule has 178 valence electrons. The maximum atomic E-state index is 12.3. The summed E-state index contributed by atoms with van der Waals surface area (Å²) >= 11 is 0. The number of ether oxygens (including phenoxy) is 2. The van der Waals surface area contributed by atoms with Gasteiger partial charge in [-0.3, -0.25) is 9.59 Å². The molecule has 0 aromatic heterocycles. The van der Waals surface area contributed by atoms with Crippen LogP contribution in [0.3, 0.4) is 0 Å². The van der Waals surface area contributed by atoms with Crippen molar-refractivity contribution in [1.29, 1.82) is 0 Å². The number of carbonyl (C=O) groups excluding carboxylic acids is 2. The zero-order chi connectivity index (χ0) is 24.4. The van der Waals surface area contributed by atoms with E-state index < -0.39 is 0 Å². The number of hydrogen-bond acceptors (Lipinski definition) is 5. The predicted octanol–water partition coefficient (Wildman–Crippen LogP) is 4.72. The number of benzene rings is 3. The molecule has 0 bridgehead atoms. The number of rotatable bonds is 10. The van der Waals surface area contributed by atoms with E-state index in [1.54, 1.807) is 24.3 Å². The molecule has 0 fully saturated rings. The lowest BCUT2D eigenvalue weighted by molar-refractivity contribution is -0.114. The van der Waals surface area contributed by atoms with E-state index in [9.17, 15) is 9.59 Å². The van der Waals surface area contributed by atoms with Gasteiger partial charge >= 0.3 is 0 Å². The molecular weight excluding hydrogens is 430 g/mol. The number of carbonyl (C=O) groups is 2. The van der Waals surface area contributed by atoms with Crippen molar-refractivity contribution < 1.29 is 19.1 Å². The van der Waals surface area contributed by atoms with E-state index in [0.717, 1.165) is 17.2 Å². The molecule has 3 aromatic carbocycles. The van der Waals surface area contributed by atoms with Crippen molar-refractivity contribution in [2.75, 3.05) is 30.4 Å². The van der Waals surface area contributed by atoms with Crippen LogP contribution in [0.4, 0.5) is 11.4 Å². The average molecular weight is 462 g/mol. The minimum absolute atomic E-state index is 0.109. The fraction of sp³-hybridized carbons (Fsp3) is 0.259. The molecule has 34 heavy (non-hydrogen) atoms. The second-order valence-corrected chi connectivity index (χ2v) is 8.72. The van der Waals surface area contributed by atoms with E-state index >= 15 is 0 Å². The fourth-order valence-electron chi connectivity index (χ4n) is 3.01. The van der Waals surface area contributed by atoms with Gasteiger partial charge in [0.1, 0.15) is 24.7 Å². The molecule has 3 aromatic rings. The average Bonchev–Trinajstić information content (AvgIpc) is 2.81. The highest BCUT2D eigenvalue weighted by Crippen LogP contribution is 2.16. The highest BCUT2D eigenvalue weighted by molar-refractivity contribution is 5.97. The zero-order valence-corrected chi connectivity index (χ0v) is 19.8. The normalized spacial score (nSPS) is 10.8. The second kappa shape index (κ2) is 11.7. The standard InChI is InChI=1S/C27H31N3O4/c1-27(2,3)30-26(32)20-9-11-22(12-10-20)29-25(31)19-28-21-13-15-24(16-14-21)34-18-17-33-23-7-5-4-6-8-23/h4-16,28H,17-19H2,1-3H3,(H,29,31)(H,30,32). The molecular formula is C27H31N3O4. The topological polar surface area (TPSA) is 88.7 Å². The lowest BCUT2D eigenvalue weighted by Gasteiger charge is -2.20. The maximum Gasteiger partial charge on any atom is 0.251 e. The number of anilines is 2. The highest BCUT2D eigenvalue weighted by atomic mass is 16.5. The Morgan fingerprint density at radius 1 is 0.735 bits per heavy atom. The first-order valence-corrected chi connectivity index (χ1v) is 11.2. The van der Waals surface area contributed by atoms with Gasteiger partial charge in [-0.2, -0.15) is 0 Å². The first-order valence-electron chi connectivity index (χ1n) is 11.2. The molecule has 0 atom stereocenters. The third-order valence-electron chi connectivity index (χ3n) is 4.59. The summed E-state index contributed by atoms with van der Waals surface area (Å²) in [6.07, 6.45) is 0. The van der Waals surface area contributed by atoms with Crippen molar-refractivity contribution in [1.82, 2.24) is 5.32 Å². The maximum absolute atomic E-state index is 12.3. The van der Waals surface area contributed by atoms with Crippen molar-refractivity contribution in [3.63, 3.8) is 0 Å². The van der Waals surface area contributed by atoms with Gasteiger partial charge in [-0.15, -0.1) is 0 Å². The number of amides is 2. The van der Waals surface area contributed by atoms with Gasteiger partial charge in [-0.1, -0.05) is 18.2 Å². The Balaban J connectivity index is 1.37. The molecule has 0 saturated carbocycles. The van der Waals surface area contributed by atoms with Gasteiger partial charge in [-0.25, -0.2) is 0 Å². The van der Waals surface area contributed by atoms with Crippen LogP contribution in [-0.4, -0.2) is 37.1 Å². The van der Waals surface area contributed by atoms with Crippen LogP contribution in [0.2, 0.25) is 0 Å². The molecule has 3 rings (SSSR count). The summed E-state index contributed by atoms with van der Waals surface area (Å²) in [5, 5.41) is 8.80. The van der Waals surface area contributed by atoms with E-state index in [2.05, 4.69) is 16.0 Å². The van der Waals surface area contributed by atoms with Gasteiger partial charge in [0.05, 0.1) is 6.54 Å². The first kappa shape index (κ1) is 24.6. The molecule has 0 radical (unpaired) electrons. The highest BCUT2D eigenvalue weighted by Gasteiger charge is 2.15. The van der Waals surface area contributed by atoms with Crippen LogP contribution in [0.1, 0.15) is 31.1 Å². The summed E-state index contributed by atoms with van der Waals surface area (Å²) in [5.74, 6) is 1.20. The monoisotopic (exact) mass is 461 g/mol. The van der Waals surface area contributed by atoms with E-state index in [1.165, 1.54) is 0 Å². The molecule has 0 aliphatic heterocycles. The lowest BCUT2D eigenvalue weighted by atomic mass is 10.1. The van der Waals surface area contributed by atoms with Crippen LogP contribution in [0.25, 0.3) is 0 Å². The molecule has 2 amide bonds. The van der Waals surface area contributed by atoms with Crippen molar-refractivity contribution in [2.45, 2.75) is 26.3 Å². The summed E-state index contributed by atoms with van der Waals surface area (Å²) in [5.41, 5.74) is 1.66. The van der Waals surface area contributed by atoms with Crippen LogP contribution in [0.5, 0.6) is 11.5 Å². The van der Waals surface area contributed by atoms with E-state index in [-0.39, 0.29) is 23.9 Å². The zero-order valence-electron chi connectivity index (χ0n) is 19.8. The van der Waals surface area contributed by atoms with Crippen LogP contribution in [0, 0.1) is 0 Å². The lowest BCUT2D eigenvalue weighted by Crippen LogP contribution is -2.40. The predicted molar refractivity (Wildman–Crippen MR) is 135 cm³/mol. The molecule has 0 saturated heterocycles. The molecule has 0 unspecified atom stereocenters. The van der Waals surface area contributed by atoms with Gasteiger partial charge in [0, 0.05) is 22.5 Å². The van der Waals surface area contributed by atoms with E-state index in [0.29, 0.717) is 24.5 Å². The molecule has 0 heterocycles. The van der Waals surface area contributed by atoms with Gasteiger partial charge in [0.15, 0.2) is 0 Å². The molecule has 0 spiro atoms. The summed E-state index contributed by atoms with van der Waals surface area (Å²) < 4.78 is 11.3. The Morgan fingerprint density at radius 3 is 1.88 bits per heavy atom. The van der Waals surface area contributed by atoms with Crippen molar-refractivity contribution in [3.8, 4) is 11.5 Å². The van der Waals surface area contributed by atoms with E-state index in [4.69, 9.17) is 9.47 Å². The summed E-state index contributed by atoms with van der Waals surface area (Å²) in [6, 6.07) is 23.8. The van der Waals surface area contributed by atoms with Crippen LogP contribution in [0.15, 0.2) is 78.9 Å². The molecule has 7 heteroatoms. The Labute approximate surface area is 200 Å². The van der Waals surface area contributed by atoms with Crippen LogP contribution in [-0.2, 0) is 4.79 Å². The Kier molecular flexibility index (Phi) is 8.51. The third kappa shape index (κ3) is 8.50. The summed E-state index contributed by atoms with van der Waals surface area (Å²) in [7, 11) is 0. The molecule has 7 nitrogen and oxygen atoms in total. The van der Waals surface area contributed by atoms with Crippen molar-refractivity contribution >= 4 is 23.2 Å². The van der Waals surface area contributed by atoms with Crippen molar-refractivity contribution in [3.05, 3.63) is 84.4 Å². The van der Waals surface area contributed by atoms with Gasteiger partial charge in [-0.05, 0) is 81.4 Å². The number of para-hydroxylation sites is 1. The number of nitrogens with one attached hydrogen (secondary N) is 3. The van der Waals surface area contributed by atoms with Gasteiger partial charge in [0.25, 0.3) is 5.91 Å². The number of hydrogen-bond donors (Lipinski definition) is 3. The quantitative estimate of drug-likeness (QED) is 0.380. The minimum atomic E-state index is -0.309. The largest absolute Gasteiger partial charge is 0.490 e. The SMILES string of the molecule is CC(C)(C)NC(=O)c1ccc(NC(=O)CNc2ccc(OCCOc3ccccc3)cc2)cc1. The smallest absolute Gasteiger partial charge is 0.251 e. The minimum Gasteiger partial charge on any atom is -0.490 e. The van der Waals surface area contributed by atoms with Gasteiger partial charge in [0.2, 0.25) is 5.91 Å². The molecule has 3 N–H and O–H groups in total. The fourth-order valence-corrected chi connectivity index (χ4v) is 3.01. The Bertz CT molecular complexity index is 1060. The Morgan fingerprint density at radius 2 is 1.29 bits per heavy atom.